The highest BCUT2D eigenvalue weighted by Gasteiger charge is 2.10. The molecule has 0 aliphatic rings. The van der Waals surface area contributed by atoms with Crippen molar-refractivity contribution in [2.45, 2.75) is 12.5 Å². The van der Waals surface area contributed by atoms with E-state index in [1.807, 2.05) is 0 Å². The molecule has 13 heavy (non-hydrogen) atoms. The summed E-state index contributed by atoms with van der Waals surface area (Å²) in [6.45, 7) is 0. The fourth-order valence-electron chi connectivity index (χ4n) is 0.956. The van der Waals surface area contributed by atoms with Crippen LogP contribution >= 0.6 is 0 Å². The minimum absolute atomic E-state index is 0.150. The first-order valence-electron chi connectivity index (χ1n) is 3.85. The number of primary amides is 1. The highest BCUT2D eigenvalue weighted by Crippen LogP contribution is 2.10. The molecular weight excluding hydrogens is 170 g/mol. The molecule has 0 aliphatic carbocycles. The summed E-state index contributed by atoms with van der Waals surface area (Å²) in [5.41, 5.74) is 5.63. The van der Waals surface area contributed by atoms with Crippen LogP contribution in [0.1, 0.15) is 5.56 Å². The minimum atomic E-state index is -1.16. The number of aromatic hydroxyl groups is 1. The number of aliphatic hydroxyl groups excluding tert-OH is 1. The van der Waals surface area contributed by atoms with Gasteiger partial charge in [0.2, 0.25) is 5.91 Å². The van der Waals surface area contributed by atoms with E-state index in [4.69, 9.17) is 15.9 Å². The lowest BCUT2D eigenvalue weighted by atomic mass is 10.1. The van der Waals surface area contributed by atoms with Crippen molar-refractivity contribution in [1.29, 1.82) is 0 Å². The van der Waals surface area contributed by atoms with Gasteiger partial charge in [0.1, 0.15) is 11.9 Å². The van der Waals surface area contributed by atoms with Crippen LogP contribution in [-0.2, 0) is 11.2 Å². The summed E-state index contributed by atoms with van der Waals surface area (Å²) in [5, 5.41) is 18.1. The summed E-state index contributed by atoms with van der Waals surface area (Å²) in [6.07, 6.45) is -0.986. The van der Waals surface area contributed by atoms with Crippen LogP contribution in [0.2, 0.25) is 0 Å². The molecule has 0 spiro atoms. The van der Waals surface area contributed by atoms with Crippen molar-refractivity contribution in [3.63, 3.8) is 0 Å². The van der Waals surface area contributed by atoms with Crippen LogP contribution < -0.4 is 5.73 Å². The maximum Gasteiger partial charge on any atom is 0.246 e. The maximum atomic E-state index is 10.5. The zero-order valence-electron chi connectivity index (χ0n) is 6.97. The lowest BCUT2D eigenvalue weighted by molar-refractivity contribution is -0.125. The van der Waals surface area contributed by atoms with Gasteiger partial charge in [-0.15, -0.1) is 0 Å². The largest absolute Gasteiger partial charge is 0.508 e. The highest BCUT2D eigenvalue weighted by molar-refractivity contribution is 5.78. The van der Waals surface area contributed by atoms with Gasteiger partial charge in [0, 0.05) is 6.42 Å². The molecule has 0 heterocycles. The zero-order valence-corrected chi connectivity index (χ0v) is 6.97. The smallest absolute Gasteiger partial charge is 0.246 e. The molecule has 0 saturated heterocycles. The minimum Gasteiger partial charge on any atom is -0.508 e. The quantitative estimate of drug-likeness (QED) is 0.602. The lowest BCUT2D eigenvalue weighted by Crippen LogP contribution is -2.29. The fraction of sp³-hybridized carbons (Fsp3) is 0.222. The van der Waals surface area contributed by atoms with Crippen molar-refractivity contribution in [2.75, 3.05) is 0 Å². The molecule has 0 bridgehead atoms. The molecule has 0 aliphatic heterocycles. The number of nitrogens with two attached hydrogens (primary N) is 1. The van der Waals surface area contributed by atoms with Gasteiger partial charge in [0.25, 0.3) is 0 Å². The molecule has 1 atom stereocenters. The first-order valence-corrected chi connectivity index (χ1v) is 3.85. The number of hydrogen-bond acceptors (Lipinski definition) is 3. The molecule has 1 rings (SSSR count). The van der Waals surface area contributed by atoms with E-state index in [0.717, 1.165) is 5.56 Å². The molecule has 0 fully saturated rings. The standard InChI is InChI=1S/C9H11NO3/c10-9(13)8(12)5-6-1-3-7(11)4-2-6/h1-4,8,11-12H,5H2,(H2,10,13). The Hall–Kier alpha value is -1.55. The number of hydrogen-bond donors (Lipinski definition) is 3. The monoisotopic (exact) mass is 181 g/mol. The van der Waals surface area contributed by atoms with Gasteiger partial charge >= 0.3 is 0 Å². The van der Waals surface area contributed by atoms with Crippen molar-refractivity contribution < 1.29 is 15.0 Å². The molecule has 0 radical (unpaired) electrons. The fourth-order valence-corrected chi connectivity index (χ4v) is 0.956. The first-order chi connectivity index (χ1) is 6.09. The van der Waals surface area contributed by atoms with Gasteiger partial charge < -0.3 is 15.9 Å². The predicted molar refractivity (Wildman–Crippen MR) is 47.0 cm³/mol. The molecule has 1 aromatic rings. The Morgan fingerprint density at radius 2 is 1.92 bits per heavy atom. The second kappa shape index (κ2) is 3.91. The molecule has 0 saturated carbocycles. The van der Waals surface area contributed by atoms with Crippen molar-refractivity contribution in [3.8, 4) is 5.75 Å². The van der Waals surface area contributed by atoms with Crippen LogP contribution in [0.25, 0.3) is 0 Å². The van der Waals surface area contributed by atoms with E-state index in [0.29, 0.717) is 0 Å². The van der Waals surface area contributed by atoms with E-state index < -0.39 is 12.0 Å². The number of phenolic OH excluding ortho intramolecular Hbond substituents is 1. The van der Waals surface area contributed by atoms with Gasteiger partial charge in [0.05, 0.1) is 0 Å². The zero-order chi connectivity index (χ0) is 9.84. The summed E-state index contributed by atoms with van der Waals surface area (Å²) in [4.78, 5) is 10.5. The summed E-state index contributed by atoms with van der Waals surface area (Å²) in [5.74, 6) is -0.592. The van der Waals surface area contributed by atoms with E-state index in [1.54, 1.807) is 12.1 Å². The molecule has 1 amide bonds. The number of aliphatic hydroxyl groups is 1. The average Bonchev–Trinajstić information content (AvgIpc) is 2.08. The summed E-state index contributed by atoms with van der Waals surface area (Å²) >= 11 is 0. The summed E-state index contributed by atoms with van der Waals surface area (Å²) in [7, 11) is 0. The third-order valence-electron chi connectivity index (χ3n) is 1.69. The van der Waals surface area contributed by atoms with Crippen LogP contribution in [-0.4, -0.2) is 22.2 Å². The average molecular weight is 181 g/mol. The Balaban J connectivity index is 2.64. The SMILES string of the molecule is NC(=O)C(O)Cc1ccc(O)cc1. The molecule has 4 N–H and O–H groups in total. The van der Waals surface area contributed by atoms with Crippen LogP contribution in [0.3, 0.4) is 0 Å². The Morgan fingerprint density at radius 3 is 2.38 bits per heavy atom. The van der Waals surface area contributed by atoms with E-state index in [1.165, 1.54) is 12.1 Å². The van der Waals surface area contributed by atoms with E-state index >= 15 is 0 Å². The predicted octanol–water partition coefficient (Wildman–Crippen LogP) is -0.219. The number of carbonyl (C=O) groups is 1. The van der Waals surface area contributed by atoms with Gasteiger partial charge in [-0.3, -0.25) is 4.79 Å². The second-order valence-corrected chi connectivity index (χ2v) is 2.79. The van der Waals surface area contributed by atoms with E-state index in [9.17, 15) is 4.79 Å². The normalized spacial score (nSPS) is 12.4. The molecule has 1 aromatic carbocycles. The number of benzene rings is 1. The van der Waals surface area contributed by atoms with Crippen LogP contribution in [0.5, 0.6) is 5.75 Å². The molecular formula is C9H11NO3. The topological polar surface area (TPSA) is 83.6 Å². The number of rotatable bonds is 3. The van der Waals surface area contributed by atoms with Crippen molar-refractivity contribution in [3.05, 3.63) is 29.8 Å². The third kappa shape index (κ3) is 2.76. The maximum absolute atomic E-state index is 10.5. The van der Waals surface area contributed by atoms with Crippen LogP contribution in [0.4, 0.5) is 0 Å². The Morgan fingerprint density at radius 1 is 1.38 bits per heavy atom. The Bertz CT molecular complexity index is 294. The first kappa shape index (κ1) is 9.54. The molecule has 0 aromatic heterocycles. The van der Waals surface area contributed by atoms with Crippen molar-refractivity contribution in [2.24, 2.45) is 5.73 Å². The van der Waals surface area contributed by atoms with E-state index in [-0.39, 0.29) is 12.2 Å². The van der Waals surface area contributed by atoms with Crippen molar-refractivity contribution >= 4 is 5.91 Å². The highest BCUT2D eigenvalue weighted by atomic mass is 16.3. The van der Waals surface area contributed by atoms with Gasteiger partial charge in [-0.25, -0.2) is 0 Å². The van der Waals surface area contributed by atoms with Gasteiger partial charge in [0.15, 0.2) is 0 Å². The number of amides is 1. The second-order valence-electron chi connectivity index (χ2n) is 2.79. The molecule has 1 unspecified atom stereocenters. The van der Waals surface area contributed by atoms with Gasteiger partial charge in [-0.05, 0) is 17.7 Å². The third-order valence-corrected chi connectivity index (χ3v) is 1.69. The van der Waals surface area contributed by atoms with Gasteiger partial charge in [-0.2, -0.15) is 0 Å². The Kier molecular flexibility index (Phi) is 2.87. The van der Waals surface area contributed by atoms with Gasteiger partial charge in [-0.1, -0.05) is 12.1 Å². The van der Waals surface area contributed by atoms with Crippen LogP contribution in [0.15, 0.2) is 24.3 Å². The number of carbonyl (C=O) groups excluding carboxylic acids is 1. The summed E-state index contributed by atoms with van der Waals surface area (Å²) in [6, 6.07) is 6.23. The number of phenols is 1. The van der Waals surface area contributed by atoms with Crippen LogP contribution in [0, 0.1) is 0 Å². The lowest BCUT2D eigenvalue weighted by Gasteiger charge is -2.05. The van der Waals surface area contributed by atoms with Crippen molar-refractivity contribution in [1.82, 2.24) is 0 Å². The molecule has 4 nitrogen and oxygen atoms in total. The summed E-state index contributed by atoms with van der Waals surface area (Å²) < 4.78 is 0. The molecule has 4 heteroatoms. The Labute approximate surface area is 75.6 Å². The van der Waals surface area contributed by atoms with E-state index in [2.05, 4.69) is 0 Å². The molecule has 70 valence electrons.